The normalized spacial score (nSPS) is 19.0. The summed E-state index contributed by atoms with van der Waals surface area (Å²) in [6.45, 7) is 0. The summed E-state index contributed by atoms with van der Waals surface area (Å²) in [6.07, 6.45) is 8.06. The monoisotopic (exact) mass is 363 g/mol. The van der Waals surface area contributed by atoms with Gasteiger partial charge < -0.3 is 5.73 Å². The van der Waals surface area contributed by atoms with Crippen molar-refractivity contribution in [3.05, 3.63) is 88.1 Å². The maximum absolute atomic E-state index is 6.26. The second kappa shape index (κ2) is 6.00. The van der Waals surface area contributed by atoms with Crippen molar-refractivity contribution in [2.75, 3.05) is 5.73 Å². The van der Waals surface area contributed by atoms with E-state index in [9.17, 15) is 0 Å². The third-order valence-corrected chi connectivity index (χ3v) is 6.74. The van der Waals surface area contributed by atoms with E-state index in [1.807, 2.05) is 6.07 Å². The molecule has 28 heavy (non-hydrogen) atoms. The maximum Gasteiger partial charge on any atom is 0.0706 e. The van der Waals surface area contributed by atoms with Gasteiger partial charge >= 0.3 is 0 Å². The molecule has 0 bridgehead atoms. The number of rotatable bonds is 1. The lowest BCUT2D eigenvalue weighted by atomic mass is 9.74. The van der Waals surface area contributed by atoms with Crippen LogP contribution in [-0.4, -0.2) is 0 Å². The first-order valence-electron chi connectivity index (χ1n) is 10.3. The van der Waals surface area contributed by atoms with Gasteiger partial charge in [-0.1, -0.05) is 42.5 Å². The van der Waals surface area contributed by atoms with Crippen LogP contribution in [0.3, 0.4) is 0 Å². The molecule has 2 N–H and O–H groups in total. The summed E-state index contributed by atoms with van der Waals surface area (Å²) in [6, 6.07) is 19.5. The van der Waals surface area contributed by atoms with E-state index in [1.54, 1.807) is 11.1 Å². The first-order valence-corrected chi connectivity index (χ1v) is 10.3. The number of hydrogen-bond donors (Lipinski definition) is 1. The average molecular weight is 363 g/mol. The van der Waals surface area contributed by atoms with Crippen molar-refractivity contribution in [1.82, 2.24) is 5.32 Å². The van der Waals surface area contributed by atoms with Crippen LogP contribution >= 0.6 is 0 Å². The molecule has 3 aliphatic rings. The number of allylic oxidation sites excluding steroid dienone is 1. The molecule has 1 heterocycles. The van der Waals surface area contributed by atoms with Crippen LogP contribution in [0.5, 0.6) is 0 Å². The van der Waals surface area contributed by atoms with Gasteiger partial charge in [-0.15, -0.1) is 0 Å². The molecule has 1 aliphatic heterocycles. The highest BCUT2D eigenvalue weighted by molar-refractivity contribution is 5.80. The summed E-state index contributed by atoms with van der Waals surface area (Å²) in [7, 11) is 0. The fourth-order valence-electron chi connectivity index (χ4n) is 5.42. The summed E-state index contributed by atoms with van der Waals surface area (Å²) in [5, 5.41) is 4.98. The van der Waals surface area contributed by atoms with Gasteiger partial charge in [-0.2, -0.15) is 0 Å². The predicted octanol–water partition coefficient (Wildman–Crippen LogP) is 5.74. The van der Waals surface area contributed by atoms with E-state index >= 15 is 0 Å². The number of anilines is 1. The van der Waals surface area contributed by atoms with Crippen molar-refractivity contribution in [3.63, 3.8) is 0 Å². The molecule has 6 rings (SSSR count). The van der Waals surface area contributed by atoms with Crippen molar-refractivity contribution < 1.29 is 0 Å². The summed E-state index contributed by atoms with van der Waals surface area (Å²) in [4.78, 5) is 0. The standard InChI is InChI=1S/C26H23N2/c27-24-9-4-7-18-20-11-12-21-17(19(20)13-14-22(18)24)6-3-8-23(21)26-15-16-5-1-2-10-25(16)28-26/h1-2,4-5,7,9-12,15,23H,3,6,8,13-14,27H2. The molecule has 1 atom stereocenters. The number of fused-ring (bicyclic) bond motifs is 6. The zero-order valence-corrected chi connectivity index (χ0v) is 15.9. The van der Waals surface area contributed by atoms with Gasteiger partial charge in [-0.3, -0.25) is 5.32 Å². The van der Waals surface area contributed by atoms with E-state index in [0.29, 0.717) is 5.92 Å². The van der Waals surface area contributed by atoms with E-state index < -0.39 is 0 Å². The number of benzene rings is 3. The van der Waals surface area contributed by atoms with Crippen LogP contribution in [0.4, 0.5) is 11.4 Å². The second-order valence-corrected chi connectivity index (χ2v) is 8.22. The van der Waals surface area contributed by atoms with Crippen molar-refractivity contribution in [2.24, 2.45) is 0 Å². The van der Waals surface area contributed by atoms with E-state index in [-0.39, 0.29) is 0 Å². The number of nitrogen functional groups attached to an aromatic ring is 1. The number of nitrogens with two attached hydrogens (primary N) is 1. The third kappa shape index (κ3) is 2.27. The molecular formula is C26H23N2. The van der Waals surface area contributed by atoms with Gasteiger partial charge in [0.2, 0.25) is 0 Å². The fraction of sp³-hybridized carbons (Fsp3) is 0.231. The van der Waals surface area contributed by atoms with Crippen LogP contribution in [0.1, 0.15) is 46.6 Å². The van der Waals surface area contributed by atoms with Crippen LogP contribution < -0.4 is 11.1 Å². The largest absolute Gasteiger partial charge is 0.398 e. The Hall–Kier alpha value is -3.00. The van der Waals surface area contributed by atoms with Crippen molar-refractivity contribution in [3.8, 4) is 11.1 Å². The Morgan fingerprint density at radius 3 is 2.57 bits per heavy atom. The van der Waals surface area contributed by atoms with Crippen LogP contribution in [0.25, 0.3) is 17.2 Å². The molecule has 137 valence electrons. The molecule has 0 saturated carbocycles. The van der Waals surface area contributed by atoms with Gasteiger partial charge in [0.05, 0.1) is 5.69 Å². The minimum absolute atomic E-state index is 0.420. The zero-order valence-electron chi connectivity index (χ0n) is 15.9. The molecule has 0 fully saturated rings. The molecule has 0 spiro atoms. The van der Waals surface area contributed by atoms with Gasteiger partial charge in [0.25, 0.3) is 0 Å². The highest BCUT2D eigenvalue weighted by Gasteiger charge is 2.31. The van der Waals surface area contributed by atoms with Crippen LogP contribution in [-0.2, 0) is 19.3 Å². The first-order chi connectivity index (χ1) is 13.8. The van der Waals surface area contributed by atoms with Gasteiger partial charge in [-0.25, -0.2) is 0 Å². The number of hydrogen-bond acceptors (Lipinski definition) is 1. The fourth-order valence-corrected chi connectivity index (χ4v) is 5.42. The molecule has 3 aromatic carbocycles. The van der Waals surface area contributed by atoms with E-state index in [0.717, 1.165) is 24.2 Å². The van der Waals surface area contributed by atoms with E-state index in [2.05, 4.69) is 54.6 Å². The molecule has 2 nitrogen and oxygen atoms in total. The van der Waals surface area contributed by atoms with Crippen molar-refractivity contribution >= 4 is 17.5 Å². The van der Waals surface area contributed by atoms with Crippen LogP contribution in [0, 0.1) is 0 Å². The van der Waals surface area contributed by atoms with E-state index in [4.69, 9.17) is 11.1 Å². The molecule has 3 aromatic rings. The predicted molar refractivity (Wildman–Crippen MR) is 116 cm³/mol. The molecule has 0 amide bonds. The Morgan fingerprint density at radius 2 is 1.64 bits per heavy atom. The first kappa shape index (κ1) is 16.0. The summed E-state index contributed by atoms with van der Waals surface area (Å²) >= 11 is 0. The minimum Gasteiger partial charge on any atom is -0.398 e. The minimum atomic E-state index is 0.420. The molecule has 0 aromatic heterocycles. The molecule has 1 unspecified atom stereocenters. The lowest BCUT2D eigenvalue weighted by Gasteiger charge is -2.31. The Balaban J connectivity index is 1.45. The Bertz CT molecular complexity index is 1140. The molecular weight excluding hydrogens is 340 g/mol. The molecule has 2 aliphatic carbocycles. The van der Waals surface area contributed by atoms with Gasteiger partial charge in [0.15, 0.2) is 0 Å². The summed E-state index contributed by atoms with van der Waals surface area (Å²) in [5.41, 5.74) is 19.5. The topological polar surface area (TPSA) is 40.1 Å². The average Bonchev–Trinajstić information content (AvgIpc) is 3.17. The quantitative estimate of drug-likeness (QED) is 0.550. The number of para-hydroxylation sites is 1. The smallest absolute Gasteiger partial charge is 0.0706 e. The van der Waals surface area contributed by atoms with Crippen LogP contribution in [0.15, 0.2) is 60.3 Å². The van der Waals surface area contributed by atoms with Gasteiger partial charge in [0.1, 0.15) is 0 Å². The highest BCUT2D eigenvalue weighted by Crippen LogP contribution is 2.46. The zero-order chi connectivity index (χ0) is 18.7. The van der Waals surface area contributed by atoms with E-state index in [1.165, 1.54) is 52.8 Å². The summed E-state index contributed by atoms with van der Waals surface area (Å²) < 4.78 is 0. The SMILES string of the molecule is Nc1cccc2c1CCc1c-2ccc2c1CCCC2C1=Cc2ccccc2[N]1. The molecule has 1 radical (unpaired) electrons. The van der Waals surface area contributed by atoms with Gasteiger partial charge in [0, 0.05) is 22.9 Å². The Kier molecular flexibility index (Phi) is 3.43. The lowest BCUT2D eigenvalue weighted by Crippen LogP contribution is -2.18. The van der Waals surface area contributed by atoms with Crippen molar-refractivity contribution in [2.45, 2.75) is 38.0 Å². The molecule has 2 heteroatoms. The van der Waals surface area contributed by atoms with Crippen molar-refractivity contribution in [1.29, 1.82) is 0 Å². The number of nitrogens with zero attached hydrogens (tertiary/aromatic N) is 1. The Labute approximate surface area is 166 Å². The maximum atomic E-state index is 6.26. The third-order valence-electron chi connectivity index (χ3n) is 6.74. The summed E-state index contributed by atoms with van der Waals surface area (Å²) in [5.74, 6) is 0.420. The highest BCUT2D eigenvalue weighted by atomic mass is 14.9. The Morgan fingerprint density at radius 1 is 0.786 bits per heavy atom. The molecule has 0 saturated heterocycles. The lowest BCUT2D eigenvalue weighted by molar-refractivity contribution is 0.590. The van der Waals surface area contributed by atoms with Crippen LogP contribution in [0.2, 0.25) is 0 Å². The van der Waals surface area contributed by atoms with Gasteiger partial charge in [-0.05, 0) is 83.7 Å². The second-order valence-electron chi connectivity index (χ2n) is 8.22.